The van der Waals surface area contributed by atoms with Crippen LogP contribution in [0, 0.1) is 0 Å². The second-order valence-electron chi connectivity index (χ2n) is 9.49. The van der Waals surface area contributed by atoms with Gasteiger partial charge in [0.25, 0.3) is 0 Å². The Balaban J connectivity index is 2.20. The van der Waals surface area contributed by atoms with Crippen LogP contribution in [0.4, 0.5) is 0 Å². The second kappa shape index (κ2) is 6.99. The molecule has 140 valence electrons. The molecule has 0 saturated heterocycles. The second-order valence-corrected chi connectivity index (χ2v) is 10.3. The molecule has 0 unspecified atom stereocenters. The number of aryl methyl sites for hydroxylation is 1. The highest BCUT2D eigenvalue weighted by Crippen LogP contribution is 2.35. The summed E-state index contributed by atoms with van der Waals surface area (Å²) < 4.78 is 0. The van der Waals surface area contributed by atoms with E-state index >= 15 is 0 Å². The molecule has 0 aliphatic heterocycles. The van der Waals surface area contributed by atoms with Gasteiger partial charge in [-0.15, -0.1) is 11.8 Å². The monoisotopic (exact) mass is 368 g/mol. The van der Waals surface area contributed by atoms with Gasteiger partial charge in [-0.1, -0.05) is 47.6 Å². The summed E-state index contributed by atoms with van der Waals surface area (Å²) in [7, 11) is 0. The highest BCUT2D eigenvalue weighted by molar-refractivity contribution is 7.98. The molecule has 3 rings (SSSR count). The van der Waals surface area contributed by atoms with Crippen molar-refractivity contribution in [1.82, 2.24) is 9.97 Å². The number of aromatic nitrogens is 2. The first-order chi connectivity index (χ1) is 12.1. The normalized spacial score (nSPS) is 15.0. The van der Waals surface area contributed by atoms with Crippen LogP contribution in [0.1, 0.15) is 76.8 Å². The minimum absolute atomic E-state index is 0.104. The lowest BCUT2D eigenvalue weighted by atomic mass is 9.79. The molecule has 1 aromatic carbocycles. The maximum atomic E-state index is 5.01. The van der Waals surface area contributed by atoms with E-state index in [1.165, 1.54) is 40.3 Å². The maximum Gasteiger partial charge on any atom is 0.160 e. The highest BCUT2D eigenvalue weighted by Gasteiger charge is 2.23. The van der Waals surface area contributed by atoms with E-state index in [0.717, 1.165) is 24.2 Å². The Kier molecular flexibility index (Phi) is 5.22. The fourth-order valence-electron chi connectivity index (χ4n) is 3.48. The van der Waals surface area contributed by atoms with Gasteiger partial charge in [0.05, 0.1) is 0 Å². The molecule has 0 fully saturated rings. The van der Waals surface area contributed by atoms with Crippen molar-refractivity contribution in [3.63, 3.8) is 0 Å². The van der Waals surface area contributed by atoms with Gasteiger partial charge in [0.15, 0.2) is 5.82 Å². The van der Waals surface area contributed by atoms with Crippen LogP contribution in [-0.2, 0) is 23.7 Å². The molecule has 26 heavy (non-hydrogen) atoms. The van der Waals surface area contributed by atoms with E-state index in [-0.39, 0.29) is 10.8 Å². The fraction of sp³-hybridized carbons (Fsp3) is 0.565. The summed E-state index contributed by atoms with van der Waals surface area (Å²) in [4.78, 5) is 9.99. The van der Waals surface area contributed by atoms with Gasteiger partial charge in [-0.25, -0.2) is 9.97 Å². The maximum absolute atomic E-state index is 5.01. The van der Waals surface area contributed by atoms with Crippen molar-refractivity contribution < 1.29 is 0 Å². The molecular formula is C23H32N2S. The zero-order valence-electron chi connectivity index (χ0n) is 17.4. The lowest BCUT2D eigenvalue weighted by molar-refractivity contribution is 0.569. The number of nitrogens with zero attached hydrogens (tertiary/aromatic N) is 2. The Morgan fingerprint density at radius 3 is 1.92 bits per heavy atom. The third-order valence-corrected chi connectivity index (χ3v) is 5.99. The first kappa shape index (κ1) is 19.4. The summed E-state index contributed by atoms with van der Waals surface area (Å²) in [6.07, 6.45) is 6.85. The SMILES string of the molecule is CSc1nc(-c2cc(C(C)(C)C)cc(C(C)(C)C)c2)nc2c1CCCC2. The summed E-state index contributed by atoms with van der Waals surface area (Å²) >= 11 is 1.76. The number of fused-ring (bicyclic) bond motifs is 1. The van der Waals surface area contributed by atoms with Crippen molar-refractivity contribution >= 4 is 11.8 Å². The van der Waals surface area contributed by atoms with Gasteiger partial charge in [0.1, 0.15) is 5.03 Å². The van der Waals surface area contributed by atoms with Crippen LogP contribution in [0.2, 0.25) is 0 Å². The van der Waals surface area contributed by atoms with Crippen LogP contribution < -0.4 is 0 Å². The Morgan fingerprint density at radius 1 is 0.808 bits per heavy atom. The van der Waals surface area contributed by atoms with Gasteiger partial charge < -0.3 is 0 Å². The van der Waals surface area contributed by atoms with Crippen LogP contribution in [0.5, 0.6) is 0 Å². The minimum atomic E-state index is 0.104. The van der Waals surface area contributed by atoms with Crippen LogP contribution in [0.25, 0.3) is 11.4 Å². The summed E-state index contributed by atoms with van der Waals surface area (Å²) in [6.45, 7) is 13.7. The first-order valence-electron chi connectivity index (χ1n) is 9.70. The Bertz CT molecular complexity index is 761. The molecule has 0 saturated carbocycles. The third kappa shape index (κ3) is 3.98. The number of thioether (sulfide) groups is 1. The van der Waals surface area contributed by atoms with Gasteiger partial charge in [-0.05, 0) is 66.0 Å². The molecule has 1 heterocycles. The Morgan fingerprint density at radius 2 is 1.38 bits per heavy atom. The van der Waals surface area contributed by atoms with Crippen LogP contribution in [0.15, 0.2) is 23.2 Å². The van der Waals surface area contributed by atoms with Crippen molar-refractivity contribution in [2.45, 2.75) is 83.1 Å². The number of benzene rings is 1. The smallest absolute Gasteiger partial charge is 0.160 e. The highest BCUT2D eigenvalue weighted by atomic mass is 32.2. The predicted octanol–water partition coefficient (Wildman–Crippen LogP) is 6.34. The van der Waals surface area contributed by atoms with Crippen molar-refractivity contribution in [3.05, 3.63) is 40.6 Å². The van der Waals surface area contributed by atoms with E-state index in [4.69, 9.17) is 9.97 Å². The standard InChI is InChI=1S/C23H32N2S/c1-22(2,3)16-12-15(13-17(14-16)23(4,5)6)20-24-19-11-9-8-10-18(19)21(25-20)26-7/h12-14H,8-11H2,1-7H3. The third-order valence-electron chi connectivity index (χ3n) is 5.26. The molecule has 0 amide bonds. The lowest BCUT2D eigenvalue weighted by Crippen LogP contribution is -2.17. The predicted molar refractivity (Wildman–Crippen MR) is 113 cm³/mol. The molecule has 2 aromatic rings. The molecule has 3 heteroatoms. The number of hydrogen-bond donors (Lipinski definition) is 0. The van der Waals surface area contributed by atoms with Crippen molar-refractivity contribution in [2.24, 2.45) is 0 Å². The molecule has 0 spiro atoms. The molecule has 0 radical (unpaired) electrons. The first-order valence-corrected chi connectivity index (χ1v) is 10.9. The summed E-state index contributed by atoms with van der Waals surface area (Å²) in [6, 6.07) is 6.95. The van der Waals surface area contributed by atoms with Gasteiger partial charge in [-0.3, -0.25) is 0 Å². The molecule has 0 N–H and O–H groups in total. The van der Waals surface area contributed by atoms with E-state index in [0.29, 0.717) is 0 Å². The summed E-state index contributed by atoms with van der Waals surface area (Å²) in [5, 5.41) is 1.17. The van der Waals surface area contributed by atoms with Crippen LogP contribution in [0.3, 0.4) is 0 Å². The van der Waals surface area contributed by atoms with Crippen molar-refractivity contribution in [2.75, 3.05) is 6.26 Å². The molecule has 0 bridgehead atoms. The van der Waals surface area contributed by atoms with Gasteiger partial charge in [0.2, 0.25) is 0 Å². The zero-order chi connectivity index (χ0) is 19.1. The minimum Gasteiger partial charge on any atom is -0.233 e. The quantitative estimate of drug-likeness (QED) is 0.457. The largest absolute Gasteiger partial charge is 0.233 e. The molecule has 0 atom stereocenters. The van der Waals surface area contributed by atoms with Gasteiger partial charge in [0, 0.05) is 16.8 Å². The number of rotatable bonds is 2. The van der Waals surface area contributed by atoms with Crippen LogP contribution >= 0.6 is 11.8 Å². The van der Waals surface area contributed by atoms with Crippen molar-refractivity contribution in [3.8, 4) is 11.4 Å². The van der Waals surface area contributed by atoms with Crippen LogP contribution in [-0.4, -0.2) is 16.2 Å². The van der Waals surface area contributed by atoms with E-state index in [1.54, 1.807) is 11.8 Å². The molecule has 1 aliphatic carbocycles. The van der Waals surface area contributed by atoms with Crippen molar-refractivity contribution in [1.29, 1.82) is 0 Å². The summed E-state index contributed by atoms with van der Waals surface area (Å²) in [5.41, 5.74) is 6.73. The van der Waals surface area contributed by atoms with E-state index in [9.17, 15) is 0 Å². The summed E-state index contributed by atoms with van der Waals surface area (Å²) in [5.74, 6) is 0.895. The van der Waals surface area contributed by atoms with E-state index < -0.39 is 0 Å². The molecular weight excluding hydrogens is 336 g/mol. The van der Waals surface area contributed by atoms with Gasteiger partial charge in [-0.2, -0.15) is 0 Å². The zero-order valence-corrected chi connectivity index (χ0v) is 18.2. The molecule has 2 nitrogen and oxygen atoms in total. The molecule has 1 aromatic heterocycles. The average molecular weight is 369 g/mol. The lowest BCUT2D eigenvalue weighted by Gasteiger charge is -2.26. The number of hydrogen-bond acceptors (Lipinski definition) is 3. The topological polar surface area (TPSA) is 25.8 Å². The Labute approximate surface area is 163 Å². The fourth-order valence-corrected chi connectivity index (χ4v) is 4.12. The Hall–Kier alpha value is -1.35. The average Bonchev–Trinajstić information content (AvgIpc) is 2.58. The van der Waals surface area contributed by atoms with Gasteiger partial charge >= 0.3 is 0 Å². The van der Waals surface area contributed by atoms with E-state index in [2.05, 4.69) is 66.0 Å². The van der Waals surface area contributed by atoms with E-state index in [1.807, 2.05) is 0 Å². The molecule has 1 aliphatic rings.